The number of rotatable bonds is 2. The zero-order valence-electron chi connectivity index (χ0n) is 12.4. The topological polar surface area (TPSA) is 95.2 Å². The second kappa shape index (κ2) is 4.67. The Hall–Kier alpha value is -1.67. The third-order valence-electron chi connectivity index (χ3n) is 5.06. The minimum absolute atomic E-state index is 0.231. The van der Waals surface area contributed by atoms with Gasteiger partial charge in [-0.3, -0.25) is 0 Å². The summed E-state index contributed by atoms with van der Waals surface area (Å²) in [6.07, 6.45) is 2.01. The molecule has 0 aromatic heterocycles. The largest absolute Gasteiger partial charge is 0.386 e. The van der Waals surface area contributed by atoms with Crippen molar-refractivity contribution in [3.05, 3.63) is 29.8 Å². The van der Waals surface area contributed by atoms with Gasteiger partial charge in [-0.25, -0.2) is 4.99 Å². The maximum Gasteiger partial charge on any atom is 0.230 e. The van der Waals surface area contributed by atoms with Crippen molar-refractivity contribution in [1.29, 1.82) is 10.5 Å². The third kappa shape index (κ3) is 1.46. The van der Waals surface area contributed by atoms with Crippen LogP contribution in [-0.2, 0) is 4.74 Å². The lowest BCUT2D eigenvalue weighted by Gasteiger charge is -2.26. The Morgan fingerprint density at radius 2 is 2.09 bits per heavy atom. The SMILES string of the molecule is CSc1ccc([C@@H]2[C@@]3(C#N)[C@@]4(N=C(N)[C@@]23C#N)OCCS4)cc1. The van der Waals surface area contributed by atoms with Crippen molar-refractivity contribution in [3.63, 3.8) is 0 Å². The maximum atomic E-state index is 10.0. The molecule has 1 aromatic carbocycles. The normalized spacial score (nSPS) is 40.3. The second-order valence-electron chi connectivity index (χ2n) is 5.82. The third-order valence-corrected chi connectivity index (χ3v) is 7.09. The van der Waals surface area contributed by atoms with Crippen LogP contribution >= 0.6 is 23.5 Å². The van der Waals surface area contributed by atoms with Crippen molar-refractivity contribution in [1.82, 2.24) is 0 Å². The molecule has 2 heterocycles. The molecule has 0 radical (unpaired) electrons. The zero-order chi connectivity index (χ0) is 16.3. The van der Waals surface area contributed by atoms with Gasteiger partial charge in [0.05, 0.1) is 18.7 Å². The molecule has 1 aliphatic carbocycles. The highest BCUT2D eigenvalue weighted by Crippen LogP contribution is 2.84. The molecule has 2 fully saturated rings. The van der Waals surface area contributed by atoms with Gasteiger partial charge in [0, 0.05) is 16.6 Å². The molecule has 2 aliphatic heterocycles. The van der Waals surface area contributed by atoms with Gasteiger partial charge in [0.1, 0.15) is 11.3 Å². The van der Waals surface area contributed by atoms with Crippen molar-refractivity contribution < 1.29 is 4.74 Å². The first kappa shape index (κ1) is 14.9. The highest BCUT2D eigenvalue weighted by molar-refractivity contribution is 8.00. The number of amidine groups is 1. The van der Waals surface area contributed by atoms with E-state index in [9.17, 15) is 10.5 Å². The second-order valence-corrected chi connectivity index (χ2v) is 7.95. The highest BCUT2D eigenvalue weighted by Gasteiger charge is 2.93. The molecule has 1 saturated heterocycles. The van der Waals surface area contributed by atoms with Gasteiger partial charge in [-0.1, -0.05) is 23.9 Å². The van der Waals surface area contributed by atoms with E-state index in [2.05, 4.69) is 17.1 Å². The molecular formula is C16H14N4OS2. The van der Waals surface area contributed by atoms with Crippen molar-refractivity contribution in [2.75, 3.05) is 18.6 Å². The molecule has 1 aromatic rings. The Balaban J connectivity index is 1.87. The summed E-state index contributed by atoms with van der Waals surface area (Å²) < 4.78 is 5.86. The van der Waals surface area contributed by atoms with E-state index in [4.69, 9.17) is 10.5 Å². The minimum Gasteiger partial charge on any atom is -0.386 e. The number of thioether (sulfide) groups is 2. The summed E-state index contributed by atoms with van der Waals surface area (Å²) in [5, 5.41) is 18.9. The molecule has 1 saturated carbocycles. The molecular weight excluding hydrogens is 328 g/mol. The fourth-order valence-corrected chi connectivity index (χ4v) is 5.75. The molecule has 0 bridgehead atoms. The van der Waals surface area contributed by atoms with Crippen LogP contribution in [0.4, 0.5) is 0 Å². The van der Waals surface area contributed by atoms with Gasteiger partial charge in [-0.05, 0) is 24.0 Å². The van der Waals surface area contributed by atoms with E-state index >= 15 is 0 Å². The first-order valence-electron chi connectivity index (χ1n) is 7.22. The van der Waals surface area contributed by atoms with Crippen LogP contribution in [0.25, 0.3) is 0 Å². The van der Waals surface area contributed by atoms with Gasteiger partial charge in [-0.2, -0.15) is 10.5 Å². The number of ether oxygens (including phenoxy) is 1. The van der Waals surface area contributed by atoms with E-state index in [0.29, 0.717) is 6.61 Å². The molecule has 116 valence electrons. The molecule has 1 spiro atoms. The lowest BCUT2D eigenvalue weighted by Crippen LogP contribution is -2.34. The van der Waals surface area contributed by atoms with Crippen LogP contribution in [0.3, 0.4) is 0 Å². The van der Waals surface area contributed by atoms with Gasteiger partial charge in [0.2, 0.25) is 5.06 Å². The molecule has 4 rings (SSSR count). The Morgan fingerprint density at radius 3 is 2.61 bits per heavy atom. The van der Waals surface area contributed by atoms with Gasteiger partial charge in [0.25, 0.3) is 0 Å². The van der Waals surface area contributed by atoms with Crippen LogP contribution in [0, 0.1) is 33.5 Å². The first-order chi connectivity index (χ1) is 11.1. The van der Waals surface area contributed by atoms with E-state index in [1.165, 1.54) is 11.8 Å². The summed E-state index contributed by atoms with van der Waals surface area (Å²) in [4.78, 5) is 5.57. The van der Waals surface area contributed by atoms with E-state index in [1.807, 2.05) is 30.5 Å². The molecule has 5 nitrogen and oxygen atoms in total. The minimum atomic E-state index is -1.08. The zero-order valence-corrected chi connectivity index (χ0v) is 14.1. The number of hydrogen-bond donors (Lipinski definition) is 1. The predicted octanol–water partition coefficient (Wildman–Crippen LogP) is 2.31. The van der Waals surface area contributed by atoms with E-state index in [-0.39, 0.29) is 11.8 Å². The van der Waals surface area contributed by atoms with E-state index in [0.717, 1.165) is 16.2 Å². The van der Waals surface area contributed by atoms with Crippen molar-refractivity contribution in [2.45, 2.75) is 15.9 Å². The van der Waals surface area contributed by atoms with Crippen LogP contribution < -0.4 is 5.73 Å². The fraction of sp³-hybridized carbons (Fsp3) is 0.438. The number of fused-ring (bicyclic) bond motifs is 2. The molecule has 23 heavy (non-hydrogen) atoms. The van der Waals surface area contributed by atoms with Crippen molar-refractivity contribution in [3.8, 4) is 12.1 Å². The number of nitrogens with zero attached hydrogens (tertiary/aromatic N) is 3. The Morgan fingerprint density at radius 1 is 1.35 bits per heavy atom. The molecule has 7 heteroatoms. The summed E-state index contributed by atoms with van der Waals surface area (Å²) >= 11 is 3.13. The molecule has 2 N–H and O–H groups in total. The van der Waals surface area contributed by atoms with Gasteiger partial charge in [0.15, 0.2) is 5.41 Å². The quantitative estimate of drug-likeness (QED) is 0.829. The van der Waals surface area contributed by atoms with Gasteiger partial charge < -0.3 is 10.5 Å². The number of aliphatic imine (C=N–C) groups is 1. The molecule has 3 aliphatic rings. The Bertz CT molecular complexity index is 788. The monoisotopic (exact) mass is 342 g/mol. The summed E-state index contributed by atoms with van der Waals surface area (Å²) in [6, 6.07) is 12.7. The number of hydrogen-bond acceptors (Lipinski definition) is 7. The molecule has 0 amide bonds. The van der Waals surface area contributed by atoms with E-state index in [1.54, 1.807) is 11.8 Å². The molecule has 4 atom stereocenters. The lowest BCUT2D eigenvalue weighted by atomic mass is 9.95. The van der Waals surface area contributed by atoms with Gasteiger partial charge in [-0.15, -0.1) is 11.8 Å². The van der Waals surface area contributed by atoms with E-state index < -0.39 is 15.9 Å². The number of nitrogens with two attached hydrogens (primary N) is 1. The summed E-state index contributed by atoms with van der Waals surface area (Å²) in [7, 11) is 0. The van der Waals surface area contributed by atoms with Crippen LogP contribution in [0.5, 0.6) is 0 Å². The maximum absolute atomic E-state index is 10.0. The number of benzene rings is 1. The van der Waals surface area contributed by atoms with Crippen LogP contribution in [0.2, 0.25) is 0 Å². The average Bonchev–Trinajstić information content (AvgIpc) is 2.83. The Kier molecular flexibility index (Phi) is 3.02. The Labute approximate surface area is 142 Å². The summed E-state index contributed by atoms with van der Waals surface area (Å²) in [6.45, 7) is 0.518. The smallest absolute Gasteiger partial charge is 0.230 e. The van der Waals surface area contributed by atoms with Crippen molar-refractivity contribution in [2.24, 2.45) is 21.6 Å². The van der Waals surface area contributed by atoms with Gasteiger partial charge >= 0.3 is 0 Å². The van der Waals surface area contributed by atoms with Crippen LogP contribution in [0.1, 0.15) is 11.5 Å². The first-order valence-corrected chi connectivity index (χ1v) is 9.43. The number of nitriles is 2. The summed E-state index contributed by atoms with van der Waals surface area (Å²) in [5.74, 6) is 0.679. The van der Waals surface area contributed by atoms with Crippen LogP contribution in [-0.4, -0.2) is 29.5 Å². The summed E-state index contributed by atoms with van der Waals surface area (Å²) in [5.41, 5.74) is 4.96. The molecule has 0 unspecified atom stereocenters. The average molecular weight is 342 g/mol. The van der Waals surface area contributed by atoms with Crippen molar-refractivity contribution >= 4 is 29.4 Å². The van der Waals surface area contributed by atoms with Crippen LogP contribution in [0.15, 0.2) is 34.2 Å². The lowest BCUT2D eigenvalue weighted by molar-refractivity contribution is 0.0200. The predicted molar refractivity (Wildman–Crippen MR) is 89.8 cm³/mol. The fourth-order valence-electron chi connectivity index (χ4n) is 4.01. The highest BCUT2D eigenvalue weighted by atomic mass is 32.2. The standard InChI is InChI=1S/C16H14N4OS2/c1-22-11-4-2-10(3-5-11)12-14(8-17)13(19)20-16(15(12,14)9-18)21-6-7-23-16/h2-5,12H,6-7H2,1H3,(H2,19,20)/t12-,14+,15+,16+/m0/s1.